The van der Waals surface area contributed by atoms with E-state index in [2.05, 4.69) is 10.0 Å². The number of fused-ring (bicyclic) bond motifs is 1. The number of nitrogens with zero attached hydrogens (tertiary/aromatic N) is 3. The largest absolute Gasteiger partial charge is 0.376 e. The van der Waals surface area contributed by atoms with Gasteiger partial charge < -0.3 is 18.9 Å². The quantitative estimate of drug-likeness (QED) is 0.444. The zero-order valence-corrected chi connectivity index (χ0v) is 13.9. The van der Waals surface area contributed by atoms with E-state index in [1.165, 1.54) is 12.1 Å². The van der Waals surface area contributed by atoms with Gasteiger partial charge in [-0.05, 0) is 37.1 Å². The maximum Gasteiger partial charge on any atom is 0.187 e. The fourth-order valence-electron chi connectivity index (χ4n) is 3.06. The molecule has 2 saturated heterocycles. The second-order valence-electron chi connectivity index (χ2n) is 6.52. The van der Waals surface area contributed by atoms with Crippen molar-refractivity contribution in [2.75, 3.05) is 6.61 Å². The molecule has 0 aliphatic carbocycles. The molecule has 1 aromatic rings. The van der Waals surface area contributed by atoms with Gasteiger partial charge in [0, 0.05) is 17.4 Å². The van der Waals surface area contributed by atoms with Gasteiger partial charge in [-0.25, -0.2) is 8.78 Å². The minimum Gasteiger partial charge on any atom is -0.376 e. The van der Waals surface area contributed by atoms with Gasteiger partial charge in [0.25, 0.3) is 0 Å². The van der Waals surface area contributed by atoms with Crippen LogP contribution in [-0.2, 0) is 25.6 Å². The summed E-state index contributed by atoms with van der Waals surface area (Å²) in [5.41, 5.74) is 9.11. The molecular weight excluding hydrogens is 336 g/mol. The van der Waals surface area contributed by atoms with E-state index in [4.69, 9.17) is 24.5 Å². The predicted molar refractivity (Wildman–Crippen MR) is 82.3 cm³/mol. The summed E-state index contributed by atoms with van der Waals surface area (Å²) in [6, 6.07) is 2.57. The van der Waals surface area contributed by atoms with Gasteiger partial charge in [0.15, 0.2) is 12.1 Å². The number of hydrogen-bond donors (Lipinski definition) is 0. The van der Waals surface area contributed by atoms with Crippen molar-refractivity contribution in [2.24, 2.45) is 5.11 Å². The highest BCUT2D eigenvalue weighted by molar-refractivity contribution is 5.16. The van der Waals surface area contributed by atoms with Crippen molar-refractivity contribution >= 4 is 0 Å². The lowest BCUT2D eigenvalue weighted by Crippen LogP contribution is -2.32. The van der Waals surface area contributed by atoms with Gasteiger partial charge in [-0.3, -0.25) is 0 Å². The van der Waals surface area contributed by atoms with Crippen LogP contribution in [0.5, 0.6) is 0 Å². The first-order chi connectivity index (χ1) is 11.9. The molecule has 25 heavy (non-hydrogen) atoms. The van der Waals surface area contributed by atoms with Crippen molar-refractivity contribution in [3.8, 4) is 0 Å². The minimum absolute atomic E-state index is 0.00820. The highest BCUT2D eigenvalue weighted by Gasteiger charge is 2.50. The van der Waals surface area contributed by atoms with Crippen molar-refractivity contribution in [2.45, 2.75) is 57.2 Å². The van der Waals surface area contributed by atoms with Crippen LogP contribution in [0.1, 0.15) is 25.8 Å². The monoisotopic (exact) mass is 355 g/mol. The molecule has 2 aliphatic rings. The molecule has 2 aliphatic heterocycles. The third kappa shape index (κ3) is 4.45. The molecule has 136 valence electrons. The highest BCUT2D eigenvalue weighted by Crippen LogP contribution is 2.38. The summed E-state index contributed by atoms with van der Waals surface area (Å²) in [6.07, 6.45) is -0.635. The Balaban J connectivity index is 1.55. The molecule has 0 N–H and O–H groups in total. The molecule has 0 aromatic heterocycles. The fourth-order valence-corrected chi connectivity index (χ4v) is 3.06. The van der Waals surface area contributed by atoms with E-state index in [1.54, 1.807) is 13.8 Å². The molecule has 0 unspecified atom stereocenters. The Hall–Kier alpha value is -1.77. The maximum absolute atomic E-state index is 13.2. The van der Waals surface area contributed by atoms with Crippen molar-refractivity contribution in [1.29, 1.82) is 0 Å². The van der Waals surface area contributed by atoms with Crippen LogP contribution in [0.25, 0.3) is 10.4 Å². The SMILES string of the molecule is CC1(C)O[C@H]2O[C@H]([C@H](COCc3cc(F)cc(F)c3)N=[N+]=[N-])C[C@H]2O1. The van der Waals surface area contributed by atoms with Gasteiger partial charge in [-0.15, -0.1) is 0 Å². The van der Waals surface area contributed by atoms with Gasteiger partial charge in [-0.1, -0.05) is 5.11 Å². The summed E-state index contributed by atoms with van der Waals surface area (Å²) < 4.78 is 48.9. The molecule has 9 heteroatoms. The van der Waals surface area contributed by atoms with Crippen LogP contribution in [0.15, 0.2) is 23.3 Å². The number of benzene rings is 1. The summed E-state index contributed by atoms with van der Waals surface area (Å²) >= 11 is 0. The average Bonchev–Trinajstić information content (AvgIpc) is 2.98. The van der Waals surface area contributed by atoms with Crippen LogP contribution in [0.2, 0.25) is 0 Å². The smallest absolute Gasteiger partial charge is 0.187 e. The molecule has 0 radical (unpaired) electrons. The Kier molecular flexibility index (Phi) is 5.21. The zero-order chi connectivity index (χ0) is 18.0. The molecule has 0 saturated carbocycles. The number of hydrogen-bond acceptors (Lipinski definition) is 5. The van der Waals surface area contributed by atoms with Crippen molar-refractivity contribution in [3.63, 3.8) is 0 Å². The van der Waals surface area contributed by atoms with E-state index in [0.717, 1.165) is 6.07 Å². The molecule has 0 bridgehead atoms. The lowest BCUT2D eigenvalue weighted by Gasteiger charge is -2.23. The number of rotatable bonds is 6. The topological polar surface area (TPSA) is 85.7 Å². The fraction of sp³-hybridized carbons (Fsp3) is 0.625. The standard InChI is InChI=1S/C16H19F2N3O4/c1-16(2)24-14-6-13(23-15(14)25-16)12(20-21-19)8-22-7-9-3-10(17)5-11(18)4-9/h3-5,12-15H,6-8H2,1-2H3/t12-,13-,14+,15+/m0/s1. The van der Waals surface area contributed by atoms with Crippen LogP contribution in [0.4, 0.5) is 8.78 Å². The van der Waals surface area contributed by atoms with Crippen LogP contribution >= 0.6 is 0 Å². The highest BCUT2D eigenvalue weighted by atomic mass is 19.1. The van der Waals surface area contributed by atoms with Crippen LogP contribution in [0, 0.1) is 11.6 Å². The van der Waals surface area contributed by atoms with Gasteiger partial charge in [0.1, 0.15) is 17.7 Å². The Bertz CT molecular complexity index is 645. The number of halogens is 2. The Morgan fingerprint density at radius 1 is 1.32 bits per heavy atom. The second-order valence-corrected chi connectivity index (χ2v) is 6.52. The van der Waals surface area contributed by atoms with Gasteiger partial charge in [-0.2, -0.15) is 0 Å². The zero-order valence-electron chi connectivity index (χ0n) is 13.9. The summed E-state index contributed by atoms with van der Waals surface area (Å²) in [6.45, 7) is 3.65. The molecule has 1 aromatic carbocycles. The first kappa shape index (κ1) is 18.0. The molecule has 4 atom stereocenters. The van der Waals surface area contributed by atoms with Crippen LogP contribution in [0.3, 0.4) is 0 Å². The molecule has 3 rings (SSSR count). The minimum atomic E-state index is -0.702. The molecule has 0 spiro atoms. The second kappa shape index (κ2) is 7.23. The van der Waals surface area contributed by atoms with E-state index in [1.807, 2.05) is 0 Å². The van der Waals surface area contributed by atoms with E-state index in [0.29, 0.717) is 12.0 Å². The van der Waals surface area contributed by atoms with Gasteiger partial charge in [0.2, 0.25) is 0 Å². The van der Waals surface area contributed by atoms with Gasteiger partial charge in [0.05, 0.1) is 25.4 Å². The van der Waals surface area contributed by atoms with E-state index < -0.39 is 35.9 Å². The molecule has 7 nitrogen and oxygen atoms in total. The predicted octanol–water partition coefficient (Wildman–Crippen LogP) is 3.43. The number of azide groups is 1. The van der Waals surface area contributed by atoms with Crippen LogP contribution < -0.4 is 0 Å². The third-order valence-corrected chi connectivity index (χ3v) is 4.02. The van der Waals surface area contributed by atoms with E-state index in [9.17, 15) is 8.78 Å². The van der Waals surface area contributed by atoms with E-state index >= 15 is 0 Å². The Labute approximate surface area is 143 Å². The van der Waals surface area contributed by atoms with Crippen molar-refractivity contribution in [3.05, 3.63) is 45.8 Å². The van der Waals surface area contributed by atoms with E-state index in [-0.39, 0.29) is 19.3 Å². The van der Waals surface area contributed by atoms with Crippen molar-refractivity contribution < 1.29 is 27.7 Å². The molecule has 2 fully saturated rings. The molecular formula is C16H19F2N3O4. The summed E-state index contributed by atoms with van der Waals surface area (Å²) in [5.74, 6) is -2.05. The van der Waals surface area contributed by atoms with Gasteiger partial charge >= 0.3 is 0 Å². The lowest BCUT2D eigenvalue weighted by atomic mass is 10.1. The summed E-state index contributed by atoms with van der Waals surface area (Å²) in [7, 11) is 0. The Morgan fingerprint density at radius 2 is 2.04 bits per heavy atom. The third-order valence-electron chi connectivity index (χ3n) is 4.02. The Morgan fingerprint density at radius 3 is 2.68 bits per heavy atom. The first-order valence-electron chi connectivity index (χ1n) is 7.94. The van der Waals surface area contributed by atoms with Crippen molar-refractivity contribution in [1.82, 2.24) is 0 Å². The summed E-state index contributed by atoms with van der Waals surface area (Å²) in [4.78, 5) is 2.82. The molecule has 0 amide bonds. The number of ether oxygens (including phenoxy) is 4. The first-order valence-corrected chi connectivity index (χ1v) is 7.94. The maximum atomic E-state index is 13.2. The molecule has 2 heterocycles. The lowest BCUT2D eigenvalue weighted by molar-refractivity contribution is -0.207. The average molecular weight is 355 g/mol. The summed E-state index contributed by atoms with van der Waals surface area (Å²) in [5, 5.41) is 3.71. The van der Waals surface area contributed by atoms with Crippen LogP contribution in [-0.4, -0.2) is 36.9 Å². The normalized spacial score (nSPS) is 28.4.